The zero-order chi connectivity index (χ0) is 19.9. The van der Waals surface area contributed by atoms with E-state index in [1.807, 2.05) is 10.7 Å². The van der Waals surface area contributed by atoms with Crippen molar-refractivity contribution in [3.8, 4) is 0 Å². The van der Waals surface area contributed by atoms with Gasteiger partial charge in [-0.3, -0.25) is 9.80 Å². The number of aromatic nitrogens is 4. The Morgan fingerprint density at radius 2 is 1.45 bits per heavy atom. The predicted molar refractivity (Wildman–Crippen MR) is 114 cm³/mol. The lowest BCUT2D eigenvalue weighted by Crippen LogP contribution is -2.47. The average Bonchev–Trinajstić information content (AvgIpc) is 3.22. The Morgan fingerprint density at radius 1 is 0.828 bits per heavy atom. The molecule has 152 valence electrons. The van der Waals surface area contributed by atoms with E-state index in [0.717, 1.165) is 57.9 Å². The van der Waals surface area contributed by atoms with Crippen LogP contribution in [0.1, 0.15) is 42.8 Å². The molecule has 0 unspecified atom stereocenters. The second kappa shape index (κ2) is 9.76. The average molecular weight is 391 g/mol. The topological polar surface area (TPSA) is 50.1 Å². The third kappa shape index (κ3) is 5.08. The maximum absolute atomic E-state index is 4.44. The fourth-order valence-corrected chi connectivity index (χ4v) is 4.14. The highest BCUT2D eigenvalue weighted by Crippen LogP contribution is 2.25. The molecule has 6 heteroatoms. The lowest BCUT2D eigenvalue weighted by molar-refractivity contribution is 0.0820. The minimum atomic E-state index is 0.276. The third-order valence-corrected chi connectivity index (χ3v) is 5.69. The zero-order valence-corrected chi connectivity index (χ0v) is 17.2. The maximum atomic E-state index is 4.44. The van der Waals surface area contributed by atoms with E-state index in [2.05, 4.69) is 86.8 Å². The number of nitrogens with zero attached hydrogens (tertiary/aromatic N) is 6. The van der Waals surface area contributed by atoms with Gasteiger partial charge in [0.2, 0.25) is 0 Å². The van der Waals surface area contributed by atoms with E-state index >= 15 is 0 Å². The van der Waals surface area contributed by atoms with Gasteiger partial charge in [-0.25, -0.2) is 4.68 Å². The summed E-state index contributed by atoms with van der Waals surface area (Å²) in [4.78, 5) is 5.11. The Bertz CT molecular complexity index is 855. The molecule has 0 bridgehead atoms. The summed E-state index contributed by atoms with van der Waals surface area (Å²) in [6.45, 7) is 8.25. The summed E-state index contributed by atoms with van der Waals surface area (Å²) >= 11 is 0. The molecule has 0 amide bonds. The molecule has 3 aromatic rings. The molecule has 0 aliphatic carbocycles. The van der Waals surface area contributed by atoms with Crippen molar-refractivity contribution < 1.29 is 0 Å². The standard InChI is InChI=1S/C23H30N6/c1-2-9-22(23-24-25-26-29(23)19-21-12-7-4-8-13-21)28-16-14-27(15-17-28)18-20-10-5-3-6-11-20/h3-8,10-13,22H,2,9,14-19H2,1H3/t22-/m0/s1. The van der Waals surface area contributed by atoms with Crippen molar-refractivity contribution in [3.63, 3.8) is 0 Å². The van der Waals surface area contributed by atoms with Gasteiger partial charge in [0.1, 0.15) is 0 Å². The van der Waals surface area contributed by atoms with Gasteiger partial charge in [0.15, 0.2) is 5.82 Å². The van der Waals surface area contributed by atoms with Crippen molar-refractivity contribution >= 4 is 0 Å². The Balaban J connectivity index is 1.42. The molecular formula is C23H30N6. The van der Waals surface area contributed by atoms with Crippen LogP contribution in [0.4, 0.5) is 0 Å². The molecule has 2 aromatic carbocycles. The van der Waals surface area contributed by atoms with Gasteiger partial charge in [-0.05, 0) is 28.0 Å². The Hall–Kier alpha value is -2.57. The van der Waals surface area contributed by atoms with Crippen molar-refractivity contribution in [1.29, 1.82) is 0 Å². The SMILES string of the molecule is CCC[C@@H](c1nnnn1Cc1ccccc1)N1CCN(Cc2ccccc2)CC1. The molecular weight excluding hydrogens is 360 g/mol. The van der Waals surface area contributed by atoms with Gasteiger partial charge in [-0.15, -0.1) is 5.10 Å². The number of hydrogen-bond acceptors (Lipinski definition) is 5. The number of hydrogen-bond donors (Lipinski definition) is 0. The van der Waals surface area contributed by atoms with E-state index in [-0.39, 0.29) is 6.04 Å². The summed E-state index contributed by atoms with van der Waals surface area (Å²) in [6, 6.07) is 21.4. The molecule has 1 aliphatic heterocycles. The lowest BCUT2D eigenvalue weighted by atomic mass is 10.1. The summed E-state index contributed by atoms with van der Waals surface area (Å²) in [5.41, 5.74) is 2.61. The summed E-state index contributed by atoms with van der Waals surface area (Å²) in [6.07, 6.45) is 2.20. The van der Waals surface area contributed by atoms with Crippen molar-refractivity contribution in [2.24, 2.45) is 0 Å². The maximum Gasteiger partial charge on any atom is 0.168 e. The molecule has 0 N–H and O–H groups in total. The van der Waals surface area contributed by atoms with Crippen LogP contribution < -0.4 is 0 Å². The molecule has 0 saturated carbocycles. The predicted octanol–water partition coefficient (Wildman–Crippen LogP) is 3.38. The Kier molecular flexibility index (Phi) is 6.64. The highest BCUT2D eigenvalue weighted by molar-refractivity contribution is 5.16. The van der Waals surface area contributed by atoms with E-state index in [1.54, 1.807) is 0 Å². The normalized spacial score (nSPS) is 16.7. The van der Waals surface area contributed by atoms with Crippen LogP contribution >= 0.6 is 0 Å². The van der Waals surface area contributed by atoms with Gasteiger partial charge >= 0.3 is 0 Å². The quantitative estimate of drug-likeness (QED) is 0.590. The van der Waals surface area contributed by atoms with E-state index in [1.165, 1.54) is 11.1 Å². The van der Waals surface area contributed by atoms with Gasteiger partial charge < -0.3 is 0 Å². The van der Waals surface area contributed by atoms with Crippen LogP contribution in [0.15, 0.2) is 60.7 Å². The van der Waals surface area contributed by atoms with Gasteiger partial charge in [0.25, 0.3) is 0 Å². The highest BCUT2D eigenvalue weighted by Gasteiger charge is 2.28. The summed E-state index contributed by atoms with van der Waals surface area (Å²) < 4.78 is 1.98. The molecule has 1 fully saturated rings. The molecule has 1 atom stereocenters. The number of benzene rings is 2. The van der Waals surface area contributed by atoms with Crippen LogP contribution in [0.2, 0.25) is 0 Å². The van der Waals surface area contributed by atoms with E-state index < -0.39 is 0 Å². The fraction of sp³-hybridized carbons (Fsp3) is 0.435. The van der Waals surface area contributed by atoms with E-state index in [0.29, 0.717) is 0 Å². The van der Waals surface area contributed by atoms with E-state index in [9.17, 15) is 0 Å². The van der Waals surface area contributed by atoms with Crippen molar-refractivity contribution in [1.82, 2.24) is 30.0 Å². The van der Waals surface area contributed by atoms with Crippen LogP contribution in [0.25, 0.3) is 0 Å². The number of tetrazole rings is 1. The summed E-state index contributed by atoms with van der Waals surface area (Å²) in [7, 11) is 0. The molecule has 6 nitrogen and oxygen atoms in total. The summed E-state index contributed by atoms with van der Waals surface area (Å²) in [5.74, 6) is 0.993. The lowest BCUT2D eigenvalue weighted by Gasteiger charge is -2.38. The van der Waals surface area contributed by atoms with Crippen LogP contribution in [0, 0.1) is 0 Å². The van der Waals surface area contributed by atoms with Crippen LogP contribution in [-0.2, 0) is 13.1 Å². The number of rotatable bonds is 8. The van der Waals surface area contributed by atoms with Gasteiger partial charge in [-0.1, -0.05) is 74.0 Å². The molecule has 1 saturated heterocycles. The van der Waals surface area contributed by atoms with Crippen molar-refractivity contribution in [2.75, 3.05) is 26.2 Å². The molecule has 0 spiro atoms. The van der Waals surface area contributed by atoms with Crippen LogP contribution in [-0.4, -0.2) is 56.2 Å². The van der Waals surface area contributed by atoms with Crippen molar-refractivity contribution in [3.05, 3.63) is 77.6 Å². The largest absolute Gasteiger partial charge is 0.297 e. The molecule has 1 aliphatic rings. The second-order valence-electron chi connectivity index (χ2n) is 7.78. The monoisotopic (exact) mass is 390 g/mol. The first-order valence-corrected chi connectivity index (χ1v) is 10.6. The summed E-state index contributed by atoms with van der Waals surface area (Å²) in [5, 5.41) is 12.8. The van der Waals surface area contributed by atoms with Crippen LogP contribution in [0.3, 0.4) is 0 Å². The minimum Gasteiger partial charge on any atom is -0.297 e. The van der Waals surface area contributed by atoms with Crippen LogP contribution in [0.5, 0.6) is 0 Å². The smallest absolute Gasteiger partial charge is 0.168 e. The van der Waals surface area contributed by atoms with E-state index in [4.69, 9.17) is 0 Å². The first-order chi connectivity index (χ1) is 14.3. The third-order valence-electron chi connectivity index (χ3n) is 5.69. The Morgan fingerprint density at radius 3 is 2.07 bits per heavy atom. The molecule has 4 rings (SSSR count). The van der Waals surface area contributed by atoms with Crippen molar-refractivity contribution in [2.45, 2.75) is 38.9 Å². The zero-order valence-electron chi connectivity index (χ0n) is 17.2. The van der Waals surface area contributed by atoms with Gasteiger partial charge in [0, 0.05) is 32.7 Å². The number of piperazine rings is 1. The molecule has 0 radical (unpaired) electrons. The fourth-order valence-electron chi connectivity index (χ4n) is 4.14. The second-order valence-corrected chi connectivity index (χ2v) is 7.78. The highest BCUT2D eigenvalue weighted by atomic mass is 15.6. The van der Waals surface area contributed by atoms with Gasteiger partial charge in [-0.2, -0.15) is 0 Å². The first-order valence-electron chi connectivity index (χ1n) is 10.6. The first kappa shape index (κ1) is 19.7. The molecule has 2 heterocycles. The molecule has 1 aromatic heterocycles. The Labute approximate surface area is 173 Å². The molecule has 29 heavy (non-hydrogen) atoms. The minimum absolute atomic E-state index is 0.276. The van der Waals surface area contributed by atoms with Gasteiger partial charge in [0.05, 0.1) is 12.6 Å².